The molecule has 0 unspecified atom stereocenters. The van der Waals surface area contributed by atoms with E-state index in [4.69, 9.17) is 4.42 Å². The Hall–Kier alpha value is -2.45. The molecule has 2 heterocycles. The SMILES string of the molecule is Cc1ccc(C)c(CNS(=O)(=O)c2c(-c3nnc(C)o3)c(C)n(C)c2C)c1. The van der Waals surface area contributed by atoms with Gasteiger partial charge in [0.05, 0.1) is 5.56 Å². The lowest BCUT2D eigenvalue weighted by Gasteiger charge is -2.11. The largest absolute Gasteiger partial charge is 0.421 e. The summed E-state index contributed by atoms with van der Waals surface area (Å²) in [5.74, 6) is 0.596. The number of rotatable bonds is 5. The Bertz CT molecular complexity index is 1110. The zero-order valence-electron chi connectivity index (χ0n) is 16.4. The number of hydrogen-bond donors (Lipinski definition) is 1. The van der Waals surface area contributed by atoms with Gasteiger partial charge in [-0.2, -0.15) is 0 Å². The molecule has 0 saturated heterocycles. The molecule has 0 bridgehead atoms. The predicted molar refractivity (Wildman–Crippen MR) is 103 cm³/mol. The third-order valence-corrected chi connectivity index (χ3v) is 6.45. The molecule has 0 aliphatic heterocycles. The lowest BCUT2D eigenvalue weighted by molar-refractivity contribution is 0.530. The second-order valence-electron chi connectivity index (χ2n) is 6.81. The molecule has 144 valence electrons. The maximum absolute atomic E-state index is 13.2. The van der Waals surface area contributed by atoms with E-state index in [1.54, 1.807) is 13.8 Å². The van der Waals surface area contributed by atoms with Gasteiger partial charge in [-0.15, -0.1) is 10.2 Å². The van der Waals surface area contributed by atoms with Gasteiger partial charge in [-0.05, 0) is 38.8 Å². The van der Waals surface area contributed by atoms with Crippen LogP contribution in [0.5, 0.6) is 0 Å². The molecule has 0 aliphatic carbocycles. The van der Waals surface area contributed by atoms with Crippen LogP contribution in [0.25, 0.3) is 11.5 Å². The fourth-order valence-corrected chi connectivity index (χ4v) is 4.65. The van der Waals surface area contributed by atoms with Gasteiger partial charge >= 0.3 is 0 Å². The van der Waals surface area contributed by atoms with Gasteiger partial charge in [0.15, 0.2) is 0 Å². The predicted octanol–water partition coefficient (Wildman–Crippen LogP) is 3.10. The van der Waals surface area contributed by atoms with Crippen molar-refractivity contribution >= 4 is 10.0 Å². The first-order chi connectivity index (χ1) is 12.6. The summed E-state index contributed by atoms with van der Waals surface area (Å²) in [5, 5.41) is 7.87. The van der Waals surface area contributed by atoms with Crippen LogP contribution in [-0.4, -0.2) is 23.2 Å². The number of aryl methyl sites for hydroxylation is 3. The van der Waals surface area contributed by atoms with Gasteiger partial charge in [-0.3, -0.25) is 0 Å². The smallest absolute Gasteiger partial charge is 0.250 e. The molecule has 3 rings (SSSR count). The van der Waals surface area contributed by atoms with Crippen LogP contribution < -0.4 is 4.72 Å². The summed E-state index contributed by atoms with van der Waals surface area (Å²) in [5.41, 5.74) is 4.89. The van der Waals surface area contributed by atoms with E-state index >= 15 is 0 Å². The molecule has 0 spiro atoms. The van der Waals surface area contributed by atoms with Crippen LogP contribution in [0.1, 0.15) is 34.0 Å². The van der Waals surface area contributed by atoms with Crippen molar-refractivity contribution in [2.75, 3.05) is 0 Å². The van der Waals surface area contributed by atoms with Crippen molar-refractivity contribution in [3.8, 4) is 11.5 Å². The number of hydrogen-bond acceptors (Lipinski definition) is 5. The third-order valence-electron chi connectivity index (χ3n) is 4.89. The summed E-state index contributed by atoms with van der Waals surface area (Å²) in [4.78, 5) is 0.177. The van der Waals surface area contributed by atoms with Gasteiger partial charge < -0.3 is 8.98 Å². The molecule has 0 aliphatic rings. The molecule has 0 saturated carbocycles. The highest BCUT2D eigenvalue weighted by molar-refractivity contribution is 7.89. The van der Waals surface area contributed by atoms with E-state index in [-0.39, 0.29) is 17.3 Å². The average molecular weight is 388 g/mol. The Balaban J connectivity index is 2.04. The normalized spacial score (nSPS) is 11.9. The Morgan fingerprint density at radius 1 is 1.07 bits per heavy atom. The minimum Gasteiger partial charge on any atom is -0.421 e. The van der Waals surface area contributed by atoms with Gasteiger partial charge in [-0.1, -0.05) is 23.8 Å². The molecule has 1 N–H and O–H groups in total. The zero-order valence-corrected chi connectivity index (χ0v) is 17.2. The van der Waals surface area contributed by atoms with Crippen LogP contribution in [0.2, 0.25) is 0 Å². The molecule has 27 heavy (non-hydrogen) atoms. The molecule has 2 aromatic heterocycles. The summed E-state index contributed by atoms with van der Waals surface area (Å²) < 4.78 is 36.4. The highest BCUT2D eigenvalue weighted by atomic mass is 32.2. The second kappa shape index (κ2) is 6.94. The lowest BCUT2D eigenvalue weighted by Crippen LogP contribution is -2.24. The van der Waals surface area contributed by atoms with Crippen LogP contribution in [0.15, 0.2) is 27.5 Å². The van der Waals surface area contributed by atoms with Crippen LogP contribution >= 0.6 is 0 Å². The molecule has 0 amide bonds. The van der Waals surface area contributed by atoms with Crippen molar-refractivity contribution in [1.82, 2.24) is 19.5 Å². The van der Waals surface area contributed by atoms with Gasteiger partial charge in [0.2, 0.25) is 15.9 Å². The van der Waals surface area contributed by atoms with Gasteiger partial charge in [0, 0.05) is 31.9 Å². The average Bonchev–Trinajstić information content (AvgIpc) is 3.12. The maximum atomic E-state index is 13.2. The van der Waals surface area contributed by atoms with Crippen LogP contribution in [0.4, 0.5) is 0 Å². The minimum atomic E-state index is -3.79. The molecule has 0 fully saturated rings. The second-order valence-corrected chi connectivity index (χ2v) is 8.52. The topological polar surface area (TPSA) is 90.0 Å². The van der Waals surface area contributed by atoms with Crippen molar-refractivity contribution < 1.29 is 12.8 Å². The van der Waals surface area contributed by atoms with Crippen molar-refractivity contribution in [2.24, 2.45) is 7.05 Å². The van der Waals surface area contributed by atoms with Gasteiger partial charge in [0.1, 0.15) is 4.90 Å². The molecule has 8 heteroatoms. The first-order valence-electron chi connectivity index (χ1n) is 8.64. The van der Waals surface area contributed by atoms with E-state index in [1.165, 1.54) is 0 Å². The summed E-state index contributed by atoms with van der Waals surface area (Å²) in [6, 6.07) is 5.99. The van der Waals surface area contributed by atoms with Crippen molar-refractivity contribution in [1.29, 1.82) is 0 Å². The molecule has 7 nitrogen and oxygen atoms in total. The van der Waals surface area contributed by atoms with E-state index < -0.39 is 10.0 Å². The Morgan fingerprint density at radius 3 is 2.41 bits per heavy atom. The van der Waals surface area contributed by atoms with Crippen LogP contribution in [-0.2, 0) is 23.6 Å². The Morgan fingerprint density at radius 2 is 1.78 bits per heavy atom. The van der Waals surface area contributed by atoms with Crippen molar-refractivity contribution in [3.05, 3.63) is 52.2 Å². The molecule has 1 aromatic carbocycles. The van der Waals surface area contributed by atoms with Gasteiger partial charge in [0.25, 0.3) is 5.89 Å². The molecular weight excluding hydrogens is 364 g/mol. The summed E-state index contributed by atoms with van der Waals surface area (Å²) in [6.45, 7) is 9.45. The van der Waals surface area contributed by atoms with E-state index in [0.717, 1.165) is 22.4 Å². The molecule has 0 atom stereocenters. The molecular formula is C19H24N4O3S. The number of aromatic nitrogens is 3. The summed E-state index contributed by atoms with van der Waals surface area (Å²) in [7, 11) is -1.97. The standard InChI is InChI=1S/C19H24N4O3S/c1-11-7-8-12(2)16(9-11)10-20-27(24,25)18-14(4)23(6)13(3)17(18)19-22-21-15(5)26-19/h7-9,20H,10H2,1-6H3. The van der Waals surface area contributed by atoms with E-state index in [0.29, 0.717) is 17.1 Å². The third kappa shape index (κ3) is 3.54. The maximum Gasteiger partial charge on any atom is 0.250 e. The van der Waals surface area contributed by atoms with Crippen LogP contribution in [0, 0.1) is 34.6 Å². The first kappa shape index (κ1) is 19.3. The molecule has 0 radical (unpaired) electrons. The number of nitrogens with one attached hydrogen (secondary N) is 1. The lowest BCUT2D eigenvalue weighted by atomic mass is 10.1. The molecule has 3 aromatic rings. The fraction of sp³-hybridized carbons (Fsp3) is 0.368. The van der Waals surface area contributed by atoms with E-state index in [9.17, 15) is 8.42 Å². The Labute approximate surface area is 159 Å². The zero-order chi connectivity index (χ0) is 19.9. The number of benzene rings is 1. The van der Waals surface area contributed by atoms with Crippen LogP contribution in [0.3, 0.4) is 0 Å². The highest BCUT2D eigenvalue weighted by Crippen LogP contribution is 2.34. The van der Waals surface area contributed by atoms with Crippen molar-refractivity contribution in [3.63, 3.8) is 0 Å². The van der Waals surface area contributed by atoms with E-state index in [2.05, 4.69) is 14.9 Å². The summed E-state index contributed by atoms with van der Waals surface area (Å²) in [6.07, 6.45) is 0. The Kier molecular flexibility index (Phi) is 4.96. The summed E-state index contributed by atoms with van der Waals surface area (Å²) >= 11 is 0. The van der Waals surface area contributed by atoms with E-state index in [1.807, 2.05) is 50.6 Å². The monoisotopic (exact) mass is 388 g/mol. The number of sulfonamides is 1. The quantitative estimate of drug-likeness (QED) is 0.725. The van der Waals surface area contributed by atoms with Crippen molar-refractivity contribution in [2.45, 2.75) is 46.1 Å². The number of nitrogens with zero attached hydrogens (tertiary/aromatic N) is 3. The fourth-order valence-electron chi connectivity index (χ4n) is 3.13. The van der Waals surface area contributed by atoms with Gasteiger partial charge in [-0.25, -0.2) is 13.1 Å². The first-order valence-corrected chi connectivity index (χ1v) is 10.1. The highest BCUT2D eigenvalue weighted by Gasteiger charge is 2.30. The minimum absolute atomic E-state index is 0.177.